The van der Waals surface area contributed by atoms with Crippen LogP contribution in [-0.4, -0.2) is 23.4 Å². The second-order valence-corrected chi connectivity index (χ2v) is 5.66. The van der Waals surface area contributed by atoms with Crippen LogP contribution >= 0.6 is 15.9 Å². The molecule has 1 aromatic carbocycles. The number of ether oxygens (including phenoxy) is 1. The third kappa shape index (κ3) is 3.06. The molecule has 0 aromatic heterocycles. The van der Waals surface area contributed by atoms with Crippen LogP contribution in [-0.2, 0) is 11.2 Å². The van der Waals surface area contributed by atoms with Gasteiger partial charge in [-0.3, -0.25) is 0 Å². The average molecular weight is 285 g/mol. The van der Waals surface area contributed by atoms with E-state index in [1.54, 1.807) is 0 Å². The first-order valence-electron chi connectivity index (χ1n) is 5.64. The molecule has 1 fully saturated rings. The zero-order valence-corrected chi connectivity index (χ0v) is 11.0. The highest BCUT2D eigenvalue weighted by Gasteiger charge is 2.32. The lowest BCUT2D eigenvalue weighted by atomic mass is 9.88. The molecular weight excluding hydrogens is 268 g/mol. The van der Waals surface area contributed by atoms with Crippen LogP contribution in [0.5, 0.6) is 0 Å². The Morgan fingerprint density at radius 1 is 1.44 bits per heavy atom. The van der Waals surface area contributed by atoms with E-state index in [1.807, 2.05) is 12.1 Å². The number of aliphatic hydroxyl groups excluding tert-OH is 1. The molecule has 88 valence electrons. The summed E-state index contributed by atoms with van der Waals surface area (Å²) in [6.45, 7) is 2.74. The molecule has 0 radical (unpaired) electrons. The summed E-state index contributed by atoms with van der Waals surface area (Å²) in [5, 5.41) is 9.68. The fourth-order valence-electron chi connectivity index (χ4n) is 2.26. The fraction of sp³-hybridized carbons (Fsp3) is 0.538. The van der Waals surface area contributed by atoms with Gasteiger partial charge in [0.05, 0.1) is 11.7 Å². The van der Waals surface area contributed by atoms with E-state index in [0.717, 1.165) is 23.7 Å². The number of halogens is 1. The minimum absolute atomic E-state index is 0.214. The lowest BCUT2D eigenvalue weighted by Gasteiger charge is -2.36. The van der Waals surface area contributed by atoms with Crippen molar-refractivity contribution in [3.8, 4) is 0 Å². The number of hydrogen-bond acceptors (Lipinski definition) is 2. The minimum Gasteiger partial charge on any atom is -0.393 e. The van der Waals surface area contributed by atoms with Crippen molar-refractivity contribution in [3.05, 3.63) is 34.3 Å². The van der Waals surface area contributed by atoms with E-state index in [2.05, 4.69) is 35.0 Å². The zero-order chi connectivity index (χ0) is 11.6. The van der Waals surface area contributed by atoms with Crippen molar-refractivity contribution in [1.82, 2.24) is 0 Å². The van der Waals surface area contributed by atoms with Crippen LogP contribution in [0.4, 0.5) is 0 Å². The van der Waals surface area contributed by atoms with Crippen molar-refractivity contribution >= 4 is 15.9 Å². The molecule has 1 aliphatic heterocycles. The maximum absolute atomic E-state index is 9.68. The second-order valence-electron chi connectivity index (χ2n) is 4.75. The molecule has 1 heterocycles. The molecule has 1 aromatic rings. The Morgan fingerprint density at radius 2 is 2.12 bits per heavy atom. The molecule has 0 bridgehead atoms. The third-order valence-electron chi connectivity index (χ3n) is 3.06. The Hall–Kier alpha value is -0.380. The van der Waals surface area contributed by atoms with Crippen molar-refractivity contribution in [2.45, 2.75) is 37.9 Å². The van der Waals surface area contributed by atoms with E-state index in [4.69, 9.17) is 4.74 Å². The van der Waals surface area contributed by atoms with Crippen molar-refractivity contribution < 1.29 is 9.84 Å². The Morgan fingerprint density at radius 3 is 2.75 bits per heavy atom. The van der Waals surface area contributed by atoms with E-state index in [9.17, 15) is 5.11 Å². The molecule has 0 saturated carbocycles. The van der Waals surface area contributed by atoms with Crippen molar-refractivity contribution in [3.63, 3.8) is 0 Å². The molecular formula is C13H17BrO2. The number of rotatable bonds is 2. The Labute approximate surface area is 105 Å². The van der Waals surface area contributed by atoms with Crippen LogP contribution in [0.15, 0.2) is 28.7 Å². The highest BCUT2D eigenvalue weighted by molar-refractivity contribution is 9.10. The van der Waals surface area contributed by atoms with Gasteiger partial charge >= 0.3 is 0 Å². The predicted molar refractivity (Wildman–Crippen MR) is 67.4 cm³/mol. The first-order valence-corrected chi connectivity index (χ1v) is 6.43. The first-order chi connectivity index (χ1) is 7.57. The molecule has 2 rings (SSSR count). The van der Waals surface area contributed by atoms with Crippen molar-refractivity contribution in [2.24, 2.45) is 0 Å². The molecule has 2 unspecified atom stereocenters. The quantitative estimate of drug-likeness (QED) is 0.905. The SMILES string of the molecule is CC1(Cc2ccc(Br)cc2)CC(O)CCO1. The molecule has 0 amide bonds. The van der Waals surface area contributed by atoms with E-state index in [-0.39, 0.29) is 11.7 Å². The first kappa shape index (κ1) is 12.1. The van der Waals surface area contributed by atoms with Crippen LogP contribution in [0.2, 0.25) is 0 Å². The van der Waals surface area contributed by atoms with Gasteiger partial charge in [-0.25, -0.2) is 0 Å². The largest absolute Gasteiger partial charge is 0.393 e. The van der Waals surface area contributed by atoms with Crippen LogP contribution in [0.1, 0.15) is 25.3 Å². The number of benzene rings is 1. The molecule has 1 saturated heterocycles. The normalized spacial score (nSPS) is 30.3. The molecule has 3 heteroatoms. The molecule has 0 spiro atoms. The molecule has 0 aliphatic carbocycles. The van der Waals surface area contributed by atoms with E-state index in [1.165, 1.54) is 5.56 Å². The maximum atomic E-state index is 9.68. The second kappa shape index (κ2) is 4.86. The van der Waals surface area contributed by atoms with Gasteiger partial charge in [0.25, 0.3) is 0 Å². The monoisotopic (exact) mass is 284 g/mol. The summed E-state index contributed by atoms with van der Waals surface area (Å²) in [5.41, 5.74) is 1.03. The van der Waals surface area contributed by atoms with Gasteiger partial charge in [0.2, 0.25) is 0 Å². The molecule has 1 aliphatic rings. The van der Waals surface area contributed by atoms with Gasteiger partial charge in [-0.05, 0) is 31.0 Å². The van der Waals surface area contributed by atoms with Crippen LogP contribution in [0, 0.1) is 0 Å². The van der Waals surface area contributed by atoms with Crippen LogP contribution < -0.4 is 0 Å². The van der Waals surface area contributed by atoms with Gasteiger partial charge in [-0.2, -0.15) is 0 Å². The van der Waals surface area contributed by atoms with Gasteiger partial charge < -0.3 is 9.84 Å². The van der Waals surface area contributed by atoms with Gasteiger partial charge in [-0.15, -0.1) is 0 Å². The smallest absolute Gasteiger partial charge is 0.0719 e. The minimum atomic E-state index is -0.217. The van der Waals surface area contributed by atoms with Gasteiger partial charge in [0, 0.05) is 23.9 Å². The highest BCUT2D eigenvalue weighted by Crippen LogP contribution is 2.28. The Kier molecular flexibility index (Phi) is 3.67. The molecule has 2 atom stereocenters. The molecule has 16 heavy (non-hydrogen) atoms. The summed E-state index contributed by atoms with van der Waals surface area (Å²) in [7, 11) is 0. The maximum Gasteiger partial charge on any atom is 0.0719 e. The van der Waals surface area contributed by atoms with Crippen molar-refractivity contribution in [2.75, 3.05) is 6.61 Å². The summed E-state index contributed by atoms with van der Waals surface area (Å²) in [6, 6.07) is 8.27. The Bertz CT molecular complexity index is 349. The van der Waals surface area contributed by atoms with Gasteiger partial charge in [-0.1, -0.05) is 28.1 Å². The standard InChI is InChI=1S/C13H17BrO2/c1-13(9-12(15)6-7-16-13)8-10-2-4-11(14)5-3-10/h2-5,12,15H,6-9H2,1H3. The van der Waals surface area contributed by atoms with Crippen molar-refractivity contribution in [1.29, 1.82) is 0 Å². The van der Waals surface area contributed by atoms with Crippen LogP contribution in [0.3, 0.4) is 0 Å². The number of aliphatic hydroxyl groups is 1. The lowest BCUT2D eigenvalue weighted by molar-refractivity contribution is -0.106. The van der Waals surface area contributed by atoms with Gasteiger partial charge in [0.1, 0.15) is 0 Å². The molecule has 1 N–H and O–H groups in total. The summed E-state index contributed by atoms with van der Waals surface area (Å²) in [4.78, 5) is 0. The summed E-state index contributed by atoms with van der Waals surface area (Å²) in [5.74, 6) is 0. The van der Waals surface area contributed by atoms with E-state index < -0.39 is 0 Å². The molecule has 2 nitrogen and oxygen atoms in total. The Balaban J connectivity index is 2.05. The van der Waals surface area contributed by atoms with E-state index in [0.29, 0.717) is 6.61 Å². The van der Waals surface area contributed by atoms with Gasteiger partial charge in [0.15, 0.2) is 0 Å². The lowest BCUT2D eigenvalue weighted by Crippen LogP contribution is -2.41. The third-order valence-corrected chi connectivity index (χ3v) is 3.59. The van der Waals surface area contributed by atoms with E-state index >= 15 is 0 Å². The highest BCUT2D eigenvalue weighted by atomic mass is 79.9. The topological polar surface area (TPSA) is 29.5 Å². The zero-order valence-electron chi connectivity index (χ0n) is 9.45. The fourth-order valence-corrected chi connectivity index (χ4v) is 2.52. The summed E-state index contributed by atoms with van der Waals surface area (Å²) in [6.07, 6.45) is 2.13. The van der Waals surface area contributed by atoms with Crippen LogP contribution in [0.25, 0.3) is 0 Å². The predicted octanol–water partition coefficient (Wildman–Crippen LogP) is 2.92. The average Bonchev–Trinajstić information content (AvgIpc) is 2.21. The summed E-state index contributed by atoms with van der Waals surface area (Å²) < 4.78 is 6.89. The number of hydrogen-bond donors (Lipinski definition) is 1. The summed E-state index contributed by atoms with van der Waals surface area (Å²) >= 11 is 3.42.